The minimum atomic E-state index is -0.784. The molecule has 0 bridgehead atoms. The molecule has 0 spiro atoms. The van der Waals surface area contributed by atoms with Gasteiger partial charge in [0, 0.05) is 43.0 Å². The molecule has 0 unspecified atom stereocenters. The van der Waals surface area contributed by atoms with Crippen LogP contribution in [0.1, 0.15) is 39.1 Å². The van der Waals surface area contributed by atoms with E-state index >= 15 is 0 Å². The van der Waals surface area contributed by atoms with Gasteiger partial charge in [-0.1, -0.05) is 30.3 Å². The average Bonchev–Trinajstić information content (AvgIpc) is 2.89. The van der Waals surface area contributed by atoms with Crippen molar-refractivity contribution < 1.29 is 23.1 Å². The quantitative estimate of drug-likeness (QED) is 0.490. The van der Waals surface area contributed by atoms with Crippen molar-refractivity contribution in [3.63, 3.8) is 0 Å². The fourth-order valence-electron chi connectivity index (χ4n) is 4.48. The predicted octanol–water partition coefficient (Wildman–Crippen LogP) is 4.34. The Morgan fingerprint density at radius 3 is 2.33 bits per heavy atom. The molecule has 0 saturated carbocycles. The molecule has 1 aliphatic rings. The van der Waals surface area contributed by atoms with Gasteiger partial charge in [-0.15, -0.1) is 0 Å². The number of ether oxygens (including phenoxy) is 1. The highest BCUT2D eigenvalue weighted by Crippen LogP contribution is 2.25. The van der Waals surface area contributed by atoms with Crippen molar-refractivity contribution in [2.75, 3.05) is 31.6 Å². The third kappa shape index (κ3) is 6.19. The number of anilines is 1. The van der Waals surface area contributed by atoms with Gasteiger partial charge in [-0.25, -0.2) is 8.78 Å². The summed E-state index contributed by atoms with van der Waals surface area (Å²) < 4.78 is 32.3. The summed E-state index contributed by atoms with van der Waals surface area (Å²) in [5, 5.41) is 5.86. The molecule has 0 atom stereocenters. The molecule has 36 heavy (non-hydrogen) atoms. The van der Waals surface area contributed by atoms with Gasteiger partial charge in [0.25, 0.3) is 11.8 Å². The Morgan fingerprint density at radius 2 is 1.61 bits per heavy atom. The molecule has 188 valence electrons. The van der Waals surface area contributed by atoms with Crippen LogP contribution in [0, 0.1) is 11.6 Å². The second kappa shape index (κ2) is 11.7. The number of benzene rings is 3. The van der Waals surface area contributed by atoms with Crippen LogP contribution in [0.5, 0.6) is 5.75 Å². The number of methoxy groups -OCH3 is 1. The molecule has 1 saturated heterocycles. The van der Waals surface area contributed by atoms with Crippen molar-refractivity contribution in [2.24, 2.45) is 0 Å². The number of rotatable bonds is 8. The summed E-state index contributed by atoms with van der Waals surface area (Å²) in [4.78, 5) is 27.5. The van der Waals surface area contributed by atoms with Gasteiger partial charge >= 0.3 is 0 Å². The number of hydrogen-bond acceptors (Lipinski definition) is 4. The van der Waals surface area contributed by atoms with E-state index in [-0.39, 0.29) is 17.5 Å². The van der Waals surface area contributed by atoms with Gasteiger partial charge in [0.2, 0.25) is 0 Å². The van der Waals surface area contributed by atoms with Crippen LogP contribution >= 0.6 is 0 Å². The number of piperidine rings is 1. The number of carbonyl (C=O) groups is 2. The number of nitrogens with zero attached hydrogens (tertiary/aromatic N) is 1. The Bertz CT molecular complexity index is 1210. The summed E-state index contributed by atoms with van der Waals surface area (Å²) in [7, 11) is 1.63. The van der Waals surface area contributed by atoms with Gasteiger partial charge in [0.15, 0.2) is 0 Å². The smallest absolute Gasteiger partial charge is 0.253 e. The maximum absolute atomic E-state index is 13.4. The van der Waals surface area contributed by atoms with E-state index < -0.39 is 17.5 Å². The van der Waals surface area contributed by atoms with Crippen LogP contribution in [0.4, 0.5) is 14.5 Å². The topological polar surface area (TPSA) is 70.7 Å². The van der Waals surface area contributed by atoms with E-state index in [1.807, 2.05) is 42.5 Å². The van der Waals surface area contributed by atoms with Crippen molar-refractivity contribution in [2.45, 2.75) is 25.3 Å². The summed E-state index contributed by atoms with van der Waals surface area (Å²) in [5.41, 5.74) is 2.42. The van der Waals surface area contributed by atoms with Crippen molar-refractivity contribution in [1.29, 1.82) is 0 Å². The van der Waals surface area contributed by atoms with Crippen LogP contribution in [0.15, 0.2) is 66.7 Å². The van der Waals surface area contributed by atoms with Crippen molar-refractivity contribution in [3.05, 3.63) is 95.1 Å². The molecule has 1 aliphatic heterocycles. The lowest BCUT2D eigenvalue weighted by Crippen LogP contribution is -2.45. The first-order chi connectivity index (χ1) is 17.4. The summed E-state index contributed by atoms with van der Waals surface area (Å²) in [5.74, 6) is -1.42. The number of hydrogen-bond donors (Lipinski definition) is 2. The Morgan fingerprint density at radius 1 is 0.944 bits per heavy atom. The first kappa shape index (κ1) is 25.2. The minimum Gasteiger partial charge on any atom is -0.496 e. The summed E-state index contributed by atoms with van der Waals surface area (Å²) in [6.45, 7) is 1.74. The lowest BCUT2D eigenvalue weighted by Gasteiger charge is -2.35. The first-order valence-electron chi connectivity index (χ1n) is 12.0. The molecule has 2 amide bonds. The Balaban J connectivity index is 1.33. The van der Waals surface area contributed by atoms with Crippen LogP contribution in [0.2, 0.25) is 0 Å². The Labute approximate surface area is 209 Å². The van der Waals surface area contributed by atoms with Gasteiger partial charge in [0.1, 0.15) is 17.4 Å². The second-order valence-corrected chi connectivity index (χ2v) is 8.73. The molecule has 8 heteroatoms. The van der Waals surface area contributed by atoms with Gasteiger partial charge in [0.05, 0.1) is 12.7 Å². The molecule has 3 aromatic rings. The zero-order valence-electron chi connectivity index (χ0n) is 20.1. The van der Waals surface area contributed by atoms with E-state index in [0.29, 0.717) is 44.5 Å². The number of nitrogens with one attached hydrogen (secondary N) is 2. The lowest BCUT2D eigenvalue weighted by molar-refractivity contribution is 0.0928. The molecule has 1 fully saturated rings. The highest BCUT2D eigenvalue weighted by Gasteiger charge is 2.24. The third-order valence-electron chi connectivity index (χ3n) is 6.32. The average molecular weight is 494 g/mol. The zero-order chi connectivity index (χ0) is 25.5. The number of amides is 2. The molecule has 3 aromatic carbocycles. The molecule has 6 nitrogen and oxygen atoms in total. The number of carbonyl (C=O) groups excluding carboxylic acids is 2. The monoisotopic (exact) mass is 493 g/mol. The van der Waals surface area contributed by atoms with E-state index in [9.17, 15) is 18.4 Å². The molecular weight excluding hydrogens is 464 g/mol. The van der Waals surface area contributed by atoms with Crippen LogP contribution < -0.4 is 20.3 Å². The minimum absolute atomic E-state index is 0.0370. The molecule has 2 N–H and O–H groups in total. The second-order valence-electron chi connectivity index (χ2n) is 8.73. The van der Waals surface area contributed by atoms with Crippen molar-refractivity contribution >= 4 is 17.5 Å². The molecule has 0 aromatic heterocycles. The standard InChI is InChI=1S/C28H29F2N3O3/c1-36-26-9-5-2-6-19(26)10-13-31-28(35)24-7-3-4-8-25(24)33-14-11-23(12-15-33)32-27(34)20-16-21(29)18-22(30)17-20/h2-9,16-18,23H,10-15H2,1H3,(H,31,35)(H,32,34). The van der Waals surface area contributed by atoms with Gasteiger partial charge in [-0.2, -0.15) is 0 Å². The highest BCUT2D eigenvalue weighted by molar-refractivity contribution is 6.00. The summed E-state index contributed by atoms with van der Waals surface area (Å²) in [6, 6.07) is 17.8. The zero-order valence-corrected chi connectivity index (χ0v) is 20.1. The van der Waals surface area contributed by atoms with Crippen molar-refractivity contribution in [1.82, 2.24) is 10.6 Å². The highest BCUT2D eigenvalue weighted by atomic mass is 19.1. The van der Waals surface area contributed by atoms with Crippen LogP contribution in [-0.2, 0) is 6.42 Å². The fraction of sp³-hybridized carbons (Fsp3) is 0.286. The third-order valence-corrected chi connectivity index (χ3v) is 6.32. The van der Waals surface area contributed by atoms with E-state index in [0.717, 1.165) is 35.2 Å². The summed E-state index contributed by atoms with van der Waals surface area (Å²) in [6.07, 6.45) is 1.94. The van der Waals surface area contributed by atoms with Gasteiger partial charge in [-0.3, -0.25) is 9.59 Å². The maximum Gasteiger partial charge on any atom is 0.253 e. The molecule has 0 aliphatic carbocycles. The number of para-hydroxylation sites is 2. The van der Waals surface area contributed by atoms with Crippen LogP contribution in [0.25, 0.3) is 0 Å². The lowest BCUT2D eigenvalue weighted by atomic mass is 10.0. The summed E-state index contributed by atoms with van der Waals surface area (Å²) >= 11 is 0. The largest absolute Gasteiger partial charge is 0.496 e. The molecule has 4 rings (SSSR count). The van der Waals surface area contributed by atoms with Gasteiger partial charge in [-0.05, 0) is 55.2 Å². The van der Waals surface area contributed by atoms with E-state index in [4.69, 9.17) is 4.74 Å². The molecule has 1 heterocycles. The van der Waals surface area contributed by atoms with Crippen molar-refractivity contribution in [3.8, 4) is 5.75 Å². The normalized spacial score (nSPS) is 13.8. The molecule has 0 radical (unpaired) electrons. The predicted molar refractivity (Wildman–Crippen MR) is 135 cm³/mol. The molecular formula is C28H29F2N3O3. The first-order valence-corrected chi connectivity index (χ1v) is 12.0. The fourth-order valence-corrected chi connectivity index (χ4v) is 4.48. The Hall–Kier alpha value is -3.94. The maximum atomic E-state index is 13.4. The Kier molecular flexibility index (Phi) is 8.15. The van der Waals surface area contributed by atoms with Gasteiger partial charge < -0.3 is 20.3 Å². The number of halogens is 2. The van der Waals surface area contributed by atoms with Crippen LogP contribution in [-0.4, -0.2) is 44.6 Å². The van der Waals surface area contributed by atoms with E-state index in [1.165, 1.54) is 0 Å². The van der Waals surface area contributed by atoms with E-state index in [1.54, 1.807) is 13.2 Å². The van der Waals surface area contributed by atoms with Crippen LogP contribution in [0.3, 0.4) is 0 Å². The SMILES string of the molecule is COc1ccccc1CCNC(=O)c1ccccc1N1CCC(NC(=O)c2cc(F)cc(F)c2)CC1. The van der Waals surface area contributed by atoms with E-state index in [2.05, 4.69) is 15.5 Å².